The zero-order valence-corrected chi connectivity index (χ0v) is 12.6. The van der Waals surface area contributed by atoms with E-state index in [1.165, 1.54) is 30.5 Å². The molecular formula is C11H14N4O4S2. The van der Waals surface area contributed by atoms with Crippen molar-refractivity contribution in [2.24, 2.45) is 5.14 Å². The summed E-state index contributed by atoms with van der Waals surface area (Å²) < 4.78 is 49.1. The molecule has 1 unspecified atom stereocenters. The molecule has 0 aliphatic rings. The number of nitrogens with one attached hydrogen (secondary N) is 2. The minimum atomic E-state index is -3.84. The predicted octanol–water partition coefficient (Wildman–Crippen LogP) is 0.0966. The Balaban J connectivity index is 2.28. The molecule has 2 aromatic rings. The molecule has 0 aliphatic carbocycles. The summed E-state index contributed by atoms with van der Waals surface area (Å²) in [5.74, 6) is 0. The Bertz CT molecular complexity index is 829. The Labute approximate surface area is 122 Å². The van der Waals surface area contributed by atoms with Crippen LogP contribution in [-0.4, -0.2) is 27.0 Å². The Morgan fingerprint density at radius 2 is 1.95 bits per heavy atom. The number of primary sulfonamides is 1. The van der Waals surface area contributed by atoms with E-state index in [0.717, 1.165) is 0 Å². The van der Waals surface area contributed by atoms with E-state index in [-0.39, 0.29) is 9.92 Å². The normalized spacial score (nSPS) is 14.0. The molecule has 10 heteroatoms. The number of hydrogen-bond acceptors (Lipinski definition) is 5. The fourth-order valence-electron chi connectivity index (χ4n) is 1.72. The lowest BCUT2D eigenvalue weighted by atomic mass is 10.1. The second-order valence-corrected chi connectivity index (χ2v) is 7.63. The van der Waals surface area contributed by atoms with Crippen LogP contribution in [0.5, 0.6) is 0 Å². The first-order valence-electron chi connectivity index (χ1n) is 5.84. The number of hydrogen-bond donors (Lipinski definition) is 3. The van der Waals surface area contributed by atoms with Crippen LogP contribution < -0.4 is 9.86 Å². The molecule has 8 nitrogen and oxygen atoms in total. The van der Waals surface area contributed by atoms with Crippen LogP contribution in [-0.2, 0) is 20.0 Å². The molecule has 1 aromatic heterocycles. The van der Waals surface area contributed by atoms with E-state index in [1.807, 2.05) is 0 Å². The van der Waals surface area contributed by atoms with E-state index in [2.05, 4.69) is 14.9 Å². The quantitative estimate of drug-likeness (QED) is 0.714. The summed E-state index contributed by atoms with van der Waals surface area (Å²) in [5.41, 5.74) is 0.476. The zero-order chi connectivity index (χ0) is 15.7. The highest BCUT2D eigenvalue weighted by molar-refractivity contribution is 7.89. The molecule has 0 saturated carbocycles. The average molecular weight is 330 g/mol. The smallest absolute Gasteiger partial charge is 0.258 e. The standard InChI is InChI=1S/C11H14N4O4S2/c1-8(15-21(18,19)11-5-6-13-14-11)9-3-2-4-10(7-9)20(12,16)17/h2-8,15H,1H3,(H,13,14)(H2,12,16,17). The fraction of sp³-hybridized carbons (Fsp3) is 0.182. The van der Waals surface area contributed by atoms with E-state index in [1.54, 1.807) is 13.0 Å². The van der Waals surface area contributed by atoms with E-state index < -0.39 is 26.1 Å². The molecule has 0 fully saturated rings. The lowest BCUT2D eigenvalue weighted by molar-refractivity contribution is 0.562. The molecule has 0 spiro atoms. The third-order valence-electron chi connectivity index (χ3n) is 2.78. The number of rotatable bonds is 5. The van der Waals surface area contributed by atoms with Gasteiger partial charge in [-0.15, -0.1) is 0 Å². The number of aromatic amines is 1. The van der Waals surface area contributed by atoms with Gasteiger partial charge in [0.15, 0.2) is 5.03 Å². The summed E-state index contributed by atoms with van der Waals surface area (Å²) in [7, 11) is -7.60. The van der Waals surface area contributed by atoms with Gasteiger partial charge in [-0.25, -0.2) is 26.7 Å². The maximum Gasteiger partial charge on any atom is 0.258 e. The first-order valence-corrected chi connectivity index (χ1v) is 8.87. The molecule has 0 amide bonds. The Hall–Kier alpha value is -1.75. The van der Waals surface area contributed by atoms with Crippen molar-refractivity contribution >= 4 is 20.0 Å². The second kappa shape index (κ2) is 5.56. The van der Waals surface area contributed by atoms with Gasteiger partial charge in [-0.05, 0) is 30.7 Å². The first kappa shape index (κ1) is 15.6. The second-order valence-electron chi connectivity index (χ2n) is 4.38. The van der Waals surface area contributed by atoms with Crippen molar-refractivity contribution < 1.29 is 16.8 Å². The van der Waals surface area contributed by atoms with Gasteiger partial charge in [-0.2, -0.15) is 5.10 Å². The van der Waals surface area contributed by atoms with Crippen molar-refractivity contribution in [3.63, 3.8) is 0 Å². The number of H-pyrrole nitrogens is 1. The van der Waals surface area contributed by atoms with Crippen molar-refractivity contribution in [3.8, 4) is 0 Å². The topological polar surface area (TPSA) is 135 Å². The molecule has 4 N–H and O–H groups in total. The van der Waals surface area contributed by atoms with Crippen LogP contribution in [0.2, 0.25) is 0 Å². The molecule has 0 saturated heterocycles. The van der Waals surface area contributed by atoms with Crippen LogP contribution in [0.25, 0.3) is 0 Å². The van der Waals surface area contributed by atoms with Gasteiger partial charge in [0.2, 0.25) is 10.0 Å². The average Bonchev–Trinajstić information content (AvgIpc) is 2.92. The van der Waals surface area contributed by atoms with Crippen molar-refractivity contribution in [1.29, 1.82) is 0 Å². The molecule has 0 aliphatic heterocycles. The summed E-state index contributed by atoms with van der Waals surface area (Å²) in [6.45, 7) is 1.59. The summed E-state index contributed by atoms with van der Waals surface area (Å²) in [6, 6.07) is 6.45. The van der Waals surface area contributed by atoms with Gasteiger partial charge in [0, 0.05) is 6.04 Å². The Kier molecular flexibility index (Phi) is 4.14. The number of sulfonamides is 2. The summed E-state index contributed by atoms with van der Waals surface area (Å²) >= 11 is 0. The monoisotopic (exact) mass is 330 g/mol. The lowest BCUT2D eigenvalue weighted by Gasteiger charge is -2.14. The van der Waals surface area contributed by atoms with Gasteiger partial charge in [-0.3, -0.25) is 5.10 Å². The van der Waals surface area contributed by atoms with Gasteiger partial charge in [0.25, 0.3) is 10.0 Å². The van der Waals surface area contributed by atoms with Gasteiger partial charge >= 0.3 is 0 Å². The Morgan fingerprint density at radius 3 is 2.52 bits per heavy atom. The third-order valence-corrected chi connectivity index (χ3v) is 5.16. The summed E-state index contributed by atoms with van der Waals surface area (Å²) in [6.07, 6.45) is 1.32. The molecule has 1 heterocycles. The van der Waals surface area contributed by atoms with Crippen LogP contribution in [0.1, 0.15) is 18.5 Å². The highest BCUT2D eigenvalue weighted by Gasteiger charge is 2.20. The van der Waals surface area contributed by atoms with E-state index in [4.69, 9.17) is 5.14 Å². The number of aromatic nitrogens is 2. The molecule has 2 rings (SSSR count). The largest absolute Gasteiger partial charge is 0.266 e. The van der Waals surface area contributed by atoms with Gasteiger partial charge in [-0.1, -0.05) is 12.1 Å². The van der Waals surface area contributed by atoms with E-state index in [0.29, 0.717) is 5.56 Å². The summed E-state index contributed by atoms with van der Waals surface area (Å²) in [4.78, 5) is -0.0763. The molecule has 0 radical (unpaired) electrons. The van der Waals surface area contributed by atoms with E-state index >= 15 is 0 Å². The maximum atomic E-state index is 12.0. The number of nitrogens with two attached hydrogens (primary N) is 1. The summed E-state index contributed by atoms with van der Waals surface area (Å²) in [5, 5.41) is 10.9. The molecule has 114 valence electrons. The predicted molar refractivity (Wildman–Crippen MR) is 75.1 cm³/mol. The van der Waals surface area contributed by atoms with Gasteiger partial charge in [0.1, 0.15) is 0 Å². The van der Waals surface area contributed by atoms with Crippen LogP contribution in [0.15, 0.2) is 46.5 Å². The fourth-order valence-corrected chi connectivity index (χ4v) is 3.43. The van der Waals surface area contributed by atoms with E-state index in [9.17, 15) is 16.8 Å². The minimum absolute atomic E-state index is 0.0723. The lowest BCUT2D eigenvalue weighted by Crippen LogP contribution is -2.27. The van der Waals surface area contributed by atoms with Crippen molar-refractivity contribution in [3.05, 3.63) is 42.1 Å². The molecular weight excluding hydrogens is 316 g/mol. The SMILES string of the molecule is CC(NS(=O)(=O)c1ccn[nH]1)c1cccc(S(N)(=O)=O)c1. The van der Waals surface area contributed by atoms with Crippen LogP contribution in [0.3, 0.4) is 0 Å². The third kappa shape index (κ3) is 3.67. The minimum Gasteiger partial charge on any atom is -0.266 e. The molecule has 21 heavy (non-hydrogen) atoms. The van der Waals surface area contributed by atoms with Crippen molar-refractivity contribution in [1.82, 2.24) is 14.9 Å². The number of nitrogens with zero attached hydrogens (tertiary/aromatic N) is 1. The number of benzene rings is 1. The highest BCUT2D eigenvalue weighted by Crippen LogP contribution is 2.18. The van der Waals surface area contributed by atoms with Gasteiger partial charge < -0.3 is 0 Å². The molecule has 1 aromatic carbocycles. The van der Waals surface area contributed by atoms with Crippen LogP contribution >= 0.6 is 0 Å². The van der Waals surface area contributed by atoms with Crippen LogP contribution in [0, 0.1) is 0 Å². The molecule has 0 bridgehead atoms. The van der Waals surface area contributed by atoms with Crippen molar-refractivity contribution in [2.45, 2.75) is 22.9 Å². The van der Waals surface area contributed by atoms with Gasteiger partial charge in [0.05, 0.1) is 11.1 Å². The molecule has 1 atom stereocenters. The van der Waals surface area contributed by atoms with Crippen LogP contribution in [0.4, 0.5) is 0 Å². The highest BCUT2D eigenvalue weighted by atomic mass is 32.2. The van der Waals surface area contributed by atoms with Crippen molar-refractivity contribution in [2.75, 3.05) is 0 Å². The maximum absolute atomic E-state index is 12.0. The zero-order valence-electron chi connectivity index (χ0n) is 11.0. The Morgan fingerprint density at radius 1 is 1.24 bits per heavy atom. The first-order chi connectivity index (χ1) is 9.70.